The molecule has 14 heavy (non-hydrogen) atoms. The average molecular weight is 217 g/mol. The van der Waals surface area contributed by atoms with Gasteiger partial charge in [0.1, 0.15) is 0 Å². The van der Waals surface area contributed by atoms with Crippen molar-refractivity contribution in [2.24, 2.45) is 5.73 Å². The molecule has 80 valence electrons. The number of nitrogens with two attached hydrogens (primary N) is 1. The minimum absolute atomic E-state index is 0.0272. The van der Waals surface area contributed by atoms with E-state index in [9.17, 15) is 9.59 Å². The molecule has 0 aromatic heterocycles. The van der Waals surface area contributed by atoms with Crippen molar-refractivity contribution in [1.82, 2.24) is 10.2 Å². The fourth-order valence-corrected chi connectivity index (χ4v) is 0.884. The summed E-state index contributed by atoms with van der Waals surface area (Å²) in [4.78, 5) is 23.7. The lowest BCUT2D eigenvalue weighted by molar-refractivity contribution is -0.128. The monoisotopic (exact) mass is 217 g/mol. The molecule has 0 spiro atoms. The van der Waals surface area contributed by atoms with Gasteiger partial charge in [-0.2, -0.15) is 0 Å². The van der Waals surface area contributed by atoms with Gasteiger partial charge in [0, 0.05) is 27.1 Å². The number of rotatable bonds is 5. The third kappa shape index (κ3) is 6.36. The Morgan fingerprint density at radius 2 is 2.00 bits per heavy atom. The van der Waals surface area contributed by atoms with E-state index >= 15 is 0 Å². The van der Waals surface area contributed by atoms with Crippen molar-refractivity contribution in [1.29, 1.82) is 0 Å². The molecule has 0 fully saturated rings. The topological polar surface area (TPSA) is 75.4 Å². The molecule has 0 aliphatic heterocycles. The van der Waals surface area contributed by atoms with E-state index in [1.54, 1.807) is 14.1 Å². The van der Waals surface area contributed by atoms with E-state index in [1.807, 2.05) is 0 Å². The molecule has 0 saturated heterocycles. The third-order valence-electron chi connectivity index (χ3n) is 1.49. The van der Waals surface area contributed by atoms with E-state index in [2.05, 4.69) is 17.5 Å². The summed E-state index contributed by atoms with van der Waals surface area (Å²) in [6, 6.07) is 0. The quantitative estimate of drug-likeness (QED) is 0.595. The summed E-state index contributed by atoms with van der Waals surface area (Å²) in [5.74, 6) is -0.273. The summed E-state index contributed by atoms with van der Waals surface area (Å²) < 4.78 is 0. The second-order valence-electron chi connectivity index (χ2n) is 3.03. The van der Waals surface area contributed by atoms with Crippen molar-refractivity contribution in [3.8, 4) is 0 Å². The van der Waals surface area contributed by atoms with Crippen molar-refractivity contribution < 1.29 is 9.59 Å². The van der Waals surface area contributed by atoms with Crippen LogP contribution in [0.5, 0.6) is 0 Å². The van der Waals surface area contributed by atoms with Crippen LogP contribution in [0.1, 0.15) is 12.8 Å². The molecule has 0 unspecified atom stereocenters. The number of nitrogens with zero attached hydrogens (tertiary/aromatic N) is 1. The molecule has 0 bridgehead atoms. The van der Waals surface area contributed by atoms with Crippen LogP contribution in [0.4, 0.5) is 0 Å². The van der Waals surface area contributed by atoms with Crippen LogP contribution < -0.4 is 11.1 Å². The van der Waals surface area contributed by atoms with Gasteiger partial charge in [-0.1, -0.05) is 12.2 Å². The number of hydrogen-bond donors (Lipinski definition) is 2. The summed E-state index contributed by atoms with van der Waals surface area (Å²) >= 11 is 4.56. The number of amides is 2. The Labute approximate surface area is 88.6 Å². The van der Waals surface area contributed by atoms with E-state index in [0.717, 1.165) is 0 Å². The van der Waals surface area contributed by atoms with E-state index in [0.29, 0.717) is 6.54 Å². The molecule has 0 heterocycles. The molecular formula is C8H15N3O2S. The fourth-order valence-electron chi connectivity index (χ4n) is 0.753. The largest absolute Gasteiger partial charge is 0.393 e. The molecule has 0 aliphatic rings. The standard InChI is InChI=1S/C8H15N3O2S/c1-11(2)8(13)3-4-10-7(12)5-6(9)14/h3-5H2,1-2H3,(H2,9,14)(H,10,12). The number of carbonyl (C=O) groups excluding carboxylic acids is 2. The molecule has 0 saturated carbocycles. The second kappa shape index (κ2) is 6.31. The molecule has 0 aliphatic carbocycles. The first-order chi connectivity index (χ1) is 6.43. The predicted molar refractivity (Wildman–Crippen MR) is 57.7 cm³/mol. The van der Waals surface area contributed by atoms with Gasteiger partial charge in [-0.05, 0) is 0 Å². The van der Waals surface area contributed by atoms with Crippen LogP contribution in [-0.2, 0) is 9.59 Å². The fraction of sp³-hybridized carbons (Fsp3) is 0.625. The molecule has 6 heteroatoms. The van der Waals surface area contributed by atoms with Crippen LogP contribution >= 0.6 is 12.2 Å². The number of thiocarbonyl (C=S) groups is 1. The average Bonchev–Trinajstić information content (AvgIpc) is 2.02. The zero-order chi connectivity index (χ0) is 11.1. The minimum Gasteiger partial charge on any atom is -0.393 e. The maximum atomic E-state index is 11.1. The SMILES string of the molecule is CN(C)C(=O)CCNC(=O)CC(N)=S. The van der Waals surface area contributed by atoms with Gasteiger partial charge >= 0.3 is 0 Å². The van der Waals surface area contributed by atoms with Crippen LogP contribution in [-0.4, -0.2) is 42.3 Å². The maximum Gasteiger partial charge on any atom is 0.226 e. The zero-order valence-corrected chi connectivity index (χ0v) is 9.19. The van der Waals surface area contributed by atoms with Crippen LogP contribution in [0.25, 0.3) is 0 Å². The van der Waals surface area contributed by atoms with Crippen LogP contribution in [0.3, 0.4) is 0 Å². The Morgan fingerprint density at radius 3 is 2.43 bits per heavy atom. The Kier molecular flexibility index (Phi) is 5.78. The molecule has 0 aromatic carbocycles. The maximum absolute atomic E-state index is 11.1. The minimum atomic E-state index is -0.246. The smallest absolute Gasteiger partial charge is 0.226 e. The zero-order valence-electron chi connectivity index (χ0n) is 8.37. The van der Waals surface area contributed by atoms with Gasteiger partial charge in [0.15, 0.2) is 0 Å². The lowest BCUT2D eigenvalue weighted by atomic mass is 10.3. The van der Waals surface area contributed by atoms with Gasteiger partial charge in [0.05, 0.1) is 11.4 Å². The summed E-state index contributed by atoms with van der Waals surface area (Å²) in [6.45, 7) is 0.318. The summed E-state index contributed by atoms with van der Waals surface area (Å²) in [5, 5.41) is 2.55. The second-order valence-corrected chi connectivity index (χ2v) is 3.56. The highest BCUT2D eigenvalue weighted by Crippen LogP contribution is 1.86. The first-order valence-electron chi connectivity index (χ1n) is 4.18. The van der Waals surface area contributed by atoms with Gasteiger partial charge in [-0.15, -0.1) is 0 Å². The Balaban J connectivity index is 3.59. The molecule has 0 rings (SSSR count). The van der Waals surface area contributed by atoms with E-state index < -0.39 is 0 Å². The molecule has 5 nitrogen and oxygen atoms in total. The molecule has 2 amide bonds. The molecule has 0 aromatic rings. The van der Waals surface area contributed by atoms with Gasteiger partial charge in [-0.3, -0.25) is 9.59 Å². The highest BCUT2D eigenvalue weighted by Gasteiger charge is 2.05. The van der Waals surface area contributed by atoms with Gasteiger partial charge in [0.25, 0.3) is 0 Å². The first-order valence-corrected chi connectivity index (χ1v) is 4.59. The van der Waals surface area contributed by atoms with Gasteiger partial charge < -0.3 is 16.0 Å². The number of hydrogen-bond acceptors (Lipinski definition) is 3. The van der Waals surface area contributed by atoms with Crippen molar-refractivity contribution in [2.75, 3.05) is 20.6 Å². The number of nitrogens with one attached hydrogen (secondary N) is 1. The van der Waals surface area contributed by atoms with Crippen LogP contribution in [0, 0.1) is 0 Å². The van der Waals surface area contributed by atoms with E-state index in [1.165, 1.54) is 4.90 Å². The van der Waals surface area contributed by atoms with Gasteiger partial charge in [-0.25, -0.2) is 0 Å². The summed E-state index contributed by atoms with van der Waals surface area (Å²) in [6.07, 6.45) is 0.321. The third-order valence-corrected chi connectivity index (χ3v) is 1.64. The van der Waals surface area contributed by atoms with Crippen molar-refractivity contribution >= 4 is 29.0 Å². The van der Waals surface area contributed by atoms with Crippen molar-refractivity contribution in [2.45, 2.75) is 12.8 Å². The van der Waals surface area contributed by atoms with Crippen molar-refractivity contribution in [3.05, 3.63) is 0 Å². The number of carbonyl (C=O) groups is 2. The predicted octanol–water partition coefficient (Wildman–Crippen LogP) is -0.743. The van der Waals surface area contributed by atoms with Gasteiger partial charge in [0.2, 0.25) is 11.8 Å². The Hall–Kier alpha value is -1.17. The Morgan fingerprint density at radius 1 is 1.43 bits per heavy atom. The van der Waals surface area contributed by atoms with Crippen LogP contribution in [0.2, 0.25) is 0 Å². The van der Waals surface area contributed by atoms with Crippen molar-refractivity contribution in [3.63, 3.8) is 0 Å². The normalized spacial score (nSPS) is 9.29. The van der Waals surface area contributed by atoms with Crippen LogP contribution in [0.15, 0.2) is 0 Å². The lowest BCUT2D eigenvalue weighted by Gasteiger charge is -2.10. The molecule has 0 radical (unpaired) electrons. The first kappa shape index (κ1) is 12.8. The molecule has 3 N–H and O–H groups in total. The highest BCUT2D eigenvalue weighted by atomic mass is 32.1. The molecule has 0 atom stereocenters. The highest BCUT2D eigenvalue weighted by molar-refractivity contribution is 7.80. The summed E-state index contributed by atoms with van der Waals surface area (Å²) in [7, 11) is 3.33. The van der Waals surface area contributed by atoms with E-state index in [4.69, 9.17) is 5.73 Å². The lowest BCUT2D eigenvalue weighted by Crippen LogP contribution is -2.32. The van der Waals surface area contributed by atoms with E-state index in [-0.39, 0.29) is 29.6 Å². The molecular weight excluding hydrogens is 202 g/mol. The Bertz CT molecular complexity index is 241. The summed E-state index contributed by atoms with van der Waals surface area (Å²) in [5.41, 5.74) is 5.17.